The van der Waals surface area contributed by atoms with Gasteiger partial charge in [0.05, 0.1) is 36.1 Å². The van der Waals surface area contributed by atoms with E-state index in [2.05, 4.69) is 25.8 Å². The summed E-state index contributed by atoms with van der Waals surface area (Å²) in [6.07, 6.45) is 6.80. The van der Waals surface area contributed by atoms with E-state index in [-0.39, 0.29) is 90.8 Å². The maximum Gasteiger partial charge on any atom is 0.276 e. The number of aromatic nitrogens is 8. The molecule has 6 aromatic rings. The molecule has 23 nitrogen and oxygen atoms in total. The Labute approximate surface area is 388 Å². The number of amides is 7. The Bertz CT molecular complexity index is 3060. The number of benzene rings is 2. The molecule has 6 N–H and O–H groups in total. The van der Waals surface area contributed by atoms with Crippen LogP contribution in [0.4, 0.5) is 11.9 Å². The Morgan fingerprint density at radius 1 is 0.765 bits per heavy atom. The SMILES string of the molecule is CCc1cc(C(=O)Nc2nc3cc(C(N)=O)cc(OC)c3n2C/C=C/Cn2c(NC(=O)c3cc(C)nn3C)nc3cc(C(N)=O)cc(OCCCN(C)C(=O)CCN4C(=O)C=CC4=O)c32)n(C)n1. The predicted molar refractivity (Wildman–Crippen MR) is 247 cm³/mol. The minimum Gasteiger partial charge on any atom is -0.494 e. The lowest BCUT2D eigenvalue weighted by molar-refractivity contribution is -0.138. The monoisotopic (exact) mass is 930 g/mol. The van der Waals surface area contributed by atoms with Crippen molar-refractivity contribution >= 4 is 75.3 Å². The number of aryl methyl sites for hydroxylation is 4. The van der Waals surface area contributed by atoms with E-state index in [9.17, 15) is 33.6 Å². The number of hydrogen-bond donors (Lipinski definition) is 4. The molecule has 1 aliphatic rings. The lowest BCUT2D eigenvalue weighted by Crippen LogP contribution is -2.36. The third kappa shape index (κ3) is 9.95. The Kier molecular flexibility index (Phi) is 13.8. The van der Waals surface area contributed by atoms with Crippen molar-refractivity contribution in [1.29, 1.82) is 0 Å². The molecule has 5 heterocycles. The highest BCUT2D eigenvalue weighted by Gasteiger charge is 2.26. The molecule has 7 rings (SSSR count). The van der Waals surface area contributed by atoms with Gasteiger partial charge >= 0.3 is 0 Å². The van der Waals surface area contributed by atoms with Gasteiger partial charge in [-0.3, -0.25) is 58.5 Å². The van der Waals surface area contributed by atoms with Gasteiger partial charge in [0.1, 0.15) is 33.9 Å². The van der Waals surface area contributed by atoms with Crippen molar-refractivity contribution in [2.75, 3.05) is 44.5 Å². The molecule has 1 aliphatic heterocycles. The number of hydrogen-bond acceptors (Lipinski definition) is 13. The van der Waals surface area contributed by atoms with Gasteiger partial charge in [-0.25, -0.2) is 9.97 Å². The third-order valence-corrected chi connectivity index (χ3v) is 11.1. The van der Waals surface area contributed by atoms with Crippen LogP contribution in [0.2, 0.25) is 0 Å². The molecule has 0 bridgehead atoms. The van der Waals surface area contributed by atoms with Crippen LogP contribution in [0.3, 0.4) is 0 Å². The normalized spacial score (nSPS) is 12.5. The summed E-state index contributed by atoms with van der Waals surface area (Å²) in [4.78, 5) is 101. The molecule has 2 aromatic carbocycles. The van der Waals surface area contributed by atoms with Gasteiger partial charge < -0.3 is 35.0 Å². The van der Waals surface area contributed by atoms with Crippen LogP contribution < -0.4 is 31.6 Å². The van der Waals surface area contributed by atoms with E-state index < -0.39 is 35.4 Å². The van der Waals surface area contributed by atoms with E-state index in [4.69, 9.17) is 25.9 Å². The van der Waals surface area contributed by atoms with Crippen LogP contribution in [-0.2, 0) is 48.0 Å². The maximum absolute atomic E-state index is 13.7. The first-order valence-electron chi connectivity index (χ1n) is 21.4. The average Bonchev–Trinajstić information content (AvgIpc) is 4.11. The molecule has 0 spiro atoms. The fraction of sp³-hybridized carbons (Fsp3) is 0.311. The van der Waals surface area contributed by atoms with Crippen LogP contribution >= 0.6 is 0 Å². The summed E-state index contributed by atoms with van der Waals surface area (Å²) in [5, 5.41) is 14.4. The molecule has 23 heteroatoms. The summed E-state index contributed by atoms with van der Waals surface area (Å²) in [5.41, 5.74) is 15.0. The summed E-state index contributed by atoms with van der Waals surface area (Å²) in [6, 6.07) is 9.25. The molecule has 68 heavy (non-hydrogen) atoms. The van der Waals surface area contributed by atoms with Gasteiger partial charge in [0, 0.05) is 77.0 Å². The number of carbonyl (C=O) groups is 7. The van der Waals surface area contributed by atoms with Crippen molar-refractivity contribution in [3.63, 3.8) is 0 Å². The highest BCUT2D eigenvalue weighted by atomic mass is 16.5. The Hall–Kier alpha value is -8.63. The van der Waals surface area contributed by atoms with Gasteiger partial charge in [0.2, 0.25) is 29.6 Å². The highest BCUT2D eigenvalue weighted by molar-refractivity contribution is 6.13. The van der Waals surface area contributed by atoms with Gasteiger partial charge in [-0.15, -0.1) is 0 Å². The second kappa shape index (κ2) is 19.9. The largest absolute Gasteiger partial charge is 0.494 e. The number of rotatable bonds is 20. The van der Waals surface area contributed by atoms with Crippen molar-refractivity contribution in [2.45, 2.75) is 46.2 Å². The Morgan fingerprint density at radius 2 is 1.29 bits per heavy atom. The predicted octanol–water partition coefficient (Wildman–Crippen LogP) is 2.23. The molecule has 354 valence electrons. The van der Waals surface area contributed by atoms with Crippen molar-refractivity contribution in [1.82, 2.24) is 48.5 Å². The number of allylic oxidation sites excluding steroid dienone is 2. The van der Waals surface area contributed by atoms with Crippen LogP contribution in [0.15, 0.2) is 60.7 Å². The molecule has 0 saturated heterocycles. The van der Waals surface area contributed by atoms with Crippen molar-refractivity contribution in [2.24, 2.45) is 25.6 Å². The number of primary amides is 2. The minimum atomic E-state index is -0.749. The lowest BCUT2D eigenvalue weighted by Gasteiger charge is -2.19. The molecular formula is C45H50N14O9. The number of fused-ring (bicyclic) bond motifs is 2. The fourth-order valence-corrected chi connectivity index (χ4v) is 7.64. The molecule has 7 amide bonds. The average molecular weight is 931 g/mol. The molecule has 0 radical (unpaired) electrons. The fourth-order valence-electron chi connectivity index (χ4n) is 7.64. The molecule has 0 saturated carbocycles. The number of ether oxygens (including phenoxy) is 2. The molecule has 0 unspecified atom stereocenters. The number of carbonyl (C=O) groups excluding carboxylic acids is 7. The standard InChI is InChI=1S/C45H50N14O9/c1-7-28-24-32(56(5)53-28)43(66)51-44-48-29-20-26(40(46)63)22-33(67-6)38(29)58(44)15-8-9-16-59-39-30(49-45(59)50-42(65)31-19-25(2)52-55(31)4)21-27(41(47)64)23-34(39)68-18-10-14-54(3)35(60)13-17-57-36(61)11-12-37(57)62/h8-9,11-12,19-24H,7,10,13-18H2,1-6H3,(H2,46,63)(H2,47,64)(H,48,51,66)(H,49,50,65)/b9-8+. The quantitative estimate of drug-likeness (QED) is 0.0486. The van der Waals surface area contributed by atoms with E-state index in [1.165, 1.54) is 45.6 Å². The smallest absolute Gasteiger partial charge is 0.276 e. The minimum absolute atomic E-state index is 0.0473. The first kappa shape index (κ1) is 47.3. The number of nitrogens with two attached hydrogens (primary N) is 2. The second-order valence-corrected chi connectivity index (χ2v) is 15.8. The van der Waals surface area contributed by atoms with Crippen LogP contribution in [0.25, 0.3) is 22.1 Å². The van der Waals surface area contributed by atoms with E-state index in [1.807, 2.05) is 6.92 Å². The topological polar surface area (TPSA) is 292 Å². The Morgan fingerprint density at radius 3 is 1.79 bits per heavy atom. The van der Waals surface area contributed by atoms with Gasteiger partial charge in [0.15, 0.2) is 0 Å². The van der Waals surface area contributed by atoms with Gasteiger partial charge in [0.25, 0.3) is 23.6 Å². The van der Waals surface area contributed by atoms with E-state index in [1.54, 1.807) is 61.5 Å². The lowest BCUT2D eigenvalue weighted by atomic mass is 10.1. The van der Waals surface area contributed by atoms with Crippen LogP contribution in [0, 0.1) is 6.92 Å². The highest BCUT2D eigenvalue weighted by Crippen LogP contribution is 2.33. The zero-order chi connectivity index (χ0) is 49.0. The van der Waals surface area contributed by atoms with E-state index >= 15 is 0 Å². The zero-order valence-electron chi connectivity index (χ0n) is 38.2. The van der Waals surface area contributed by atoms with Crippen molar-refractivity contribution < 1.29 is 43.0 Å². The summed E-state index contributed by atoms with van der Waals surface area (Å²) in [6.45, 7) is 4.14. The third-order valence-electron chi connectivity index (χ3n) is 11.1. The summed E-state index contributed by atoms with van der Waals surface area (Å²) in [7, 11) is 6.33. The van der Waals surface area contributed by atoms with Gasteiger partial charge in [-0.1, -0.05) is 19.1 Å². The van der Waals surface area contributed by atoms with E-state index in [0.717, 1.165) is 22.7 Å². The number of nitrogens with zero attached hydrogens (tertiary/aromatic N) is 10. The summed E-state index contributed by atoms with van der Waals surface area (Å²) < 4.78 is 18.2. The molecule has 4 aromatic heterocycles. The number of anilines is 2. The molecular weight excluding hydrogens is 881 g/mol. The van der Waals surface area contributed by atoms with Crippen LogP contribution in [-0.4, -0.2) is 124 Å². The molecule has 0 atom stereocenters. The summed E-state index contributed by atoms with van der Waals surface area (Å²) >= 11 is 0. The maximum atomic E-state index is 13.7. The number of imide groups is 1. The zero-order valence-corrected chi connectivity index (χ0v) is 38.2. The Balaban J connectivity index is 1.19. The molecule has 0 fully saturated rings. The second-order valence-electron chi connectivity index (χ2n) is 15.8. The number of methoxy groups -OCH3 is 1. The van der Waals surface area contributed by atoms with E-state index in [0.29, 0.717) is 40.8 Å². The van der Waals surface area contributed by atoms with Crippen molar-refractivity contribution in [3.8, 4) is 11.5 Å². The summed E-state index contributed by atoms with van der Waals surface area (Å²) in [5.74, 6) is -2.94. The van der Waals surface area contributed by atoms with Gasteiger partial charge in [-0.05, 0) is 56.2 Å². The number of imidazole rings is 2. The van der Waals surface area contributed by atoms with Crippen LogP contribution in [0.5, 0.6) is 11.5 Å². The van der Waals surface area contributed by atoms with Crippen LogP contribution in [0.1, 0.15) is 72.8 Å². The number of nitrogens with one attached hydrogen (secondary N) is 2. The molecule has 0 aliphatic carbocycles. The van der Waals surface area contributed by atoms with Gasteiger partial charge in [-0.2, -0.15) is 10.2 Å². The first-order chi connectivity index (χ1) is 32.5. The first-order valence-corrected chi connectivity index (χ1v) is 21.4. The van der Waals surface area contributed by atoms with Crippen molar-refractivity contribution in [3.05, 3.63) is 94.6 Å².